The van der Waals surface area contributed by atoms with Crippen molar-refractivity contribution in [2.24, 2.45) is 11.3 Å². The van der Waals surface area contributed by atoms with Crippen LogP contribution in [-0.2, 0) is 0 Å². The fourth-order valence-electron chi connectivity index (χ4n) is 2.72. The van der Waals surface area contributed by atoms with Gasteiger partial charge in [0.2, 0.25) is 0 Å². The maximum absolute atomic E-state index is 2.50. The molecule has 0 aromatic carbocycles. The van der Waals surface area contributed by atoms with E-state index in [-0.39, 0.29) is 0 Å². The van der Waals surface area contributed by atoms with Crippen LogP contribution in [-0.4, -0.2) is 24.5 Å². The molecule has 1 fully saturated rings. The maximum atomic E-state index is 2.50. The number of nitrogens with zero attached hydrogens (tertiary/aromatic N) is 1. The van der Waals surface area contributed by atoms with E-state index in [0.717, 1.165) is 12.0 Å². The second kappa shape index (κ2) is 3.37. The number of rotatable bonds is 0. The van der Waals surface area contributed by atoms with E-state index in [9.17, 15) is 0 Å². The molecule has 0 N–H and O–H groups in total. The highest BCUT2D eigenvalue weighted by molar-refractivity contribution is 4.82. The third-order valence-electron chi connectivity index (χ3n) is 3.10. The first-order chi connectivity index (χ1) is 5.41. The van der Waals surface area contributed by atoms with Gasteiger partial charge in [-0.1, -0.05) is 20.8 Å². The lowest BCUT2D eigenvalue weighted by Gasteiger charge is -2.27. The highest BCUT2D eigenvalue weighted by Crippen LogP contribution is 2.34. The SMILES string of the molecule is CC1CN(C)C(C)CC(C)(C)C1. The van der Waals surface area contributed by atoms with Crippen LogP contribution in [0.15, 0.2) is 0 Å². The van der Waals surface area contributed by atoms with Crippen LogP contribution in [0.25, 0.3) is 0 Å². The normalized spacial score (nSPS) is 37.8. The van der Waals surface area contributed by atoms with Gasteiger partial charge in [0, 0.05) is 12.6 Å². The van der Waals surface area contributed by atoms with Crippen LogP contribution in [0.5, 0.6) is 0 Å². The largest absolute Gasteiger partial charge is 0.303 e. The minimum absolute atomic E-state index is 0.545. The van der Waals surface area contributed by atoms with Gasteiger partial charge in [0.05, 0.1) is 0 Å². The first-order valence-corrected chi connectivity index (χ1v) is 5.11. The number of likely N-dealkylation sites (tertiary alicyclic amines) is 1. The molecular weight excluding hydrogens is 146 g/mol. The molecule has 1 aliphatic rings. The van der Waals surface area contributed by atoms with Gasteiger partial charge >= 0.3 is 0 Å². The fraction of sp³-hybridized carbons (Fsp3) is 1.00. The van der Waals surface area contributed by atoms with Crippen LogP contribution in [0, 0.1) is 11.3 Å². The molecule has 1 nitrogen and oxygen atoms in total. The van der Waals surface area contributed by atoms with E-state index < -0.39 is 0 Å². The average Bonchev–Trinajstić information content (AvgIpc) is 1.89. The molecular formula is C11H23N. The Morgan fingerprint density at radius 3 is 2.33 bits per heavy atom. The first-order valence-electron chi connectivity index (χ1n) is 5.11. The molecule has 1 saturated heterocycles. The van der Waals surface area contributed by atoms with Gasteiger partial charge in [-0.25, -0.2) is 0 Å². The Morgan fingerprint density at radius 1 is 1.17 bits per heavy atom. The van der Waals surface area contributed by atoms with E-state index >= 15 is 0 Å². The molecule has 12 heavy (non-hydrogen) atoms. The third kappa shape index (κ3) is 2.48. The standard InChI is InChI=1S/C11H23N/c1-9-6-11(3,4)7-10(2)12(5)8-9/h9-10H,6-8H2,1-5H3. The minimum atomic E-state index is 0.545. The summed E-state index contributed by atoms with van der Waals surface area (Å²) in [4.78, 5) is 2.50. The lowest BCUT2D eigenvalue weighted by Crippen LogP contribution is -2.31. The number of hydrogen-bond donors (Lipinski definition) is 0. The fourth-order valence-corrected chi connectivity index (χ4v) is 2.72. The van der Waals surface area contributed by atoms with Crippen molar-refractivity contribution in [3.8, 4) is 0 Å². The van der Waals surface area contributed by atoms with Gasteiger partial charge in [0.15, 0.2) is 0 Å². The second-order valence-corrected chi connectivity index (χ2v) is 5.47. The Balaban J connectivity index is 2.66. The maximum Gasteiger partial charge on any atom is 0.00690 e. The van der Waals surface area contributed by atoms with Crippen molar-refractivity contribution in [2.45, 2.75) is 46.6 Å². The lowest BCUT2D eigenvalue weighted by atomic mass is 9.80. The van der Waals surface area contributed by atoms with Crippen LogP contribution < -0.4 is 0 Å². The molecule has 0 bridgehead atoms. The van der Waals surface area contributed by atoms with Crippen molar-refractivity contribution in [1.29, 1.82) is 0 Å². The average molecular weight is 169 g/mol. The van der Waals surface area contributed by atoms with Gasteiger partial charge in [-0.3, -0.25) is 0 Å². The molecule has 2 unspecified atom stereocenters. The summed E-state index contributed by atoms with van der Waals surface area (Å²) in [5.74, 6) is 0.856. The molecule has 0 aromatic heterocycles. The quantitative estimate of drug-likeness (QED) is 0.539. The summed E-state index contributed by atoms with van der Waals surface area (Å²) in [6.07, 6.45) is 2.72. The molecule has 72 valence electrons. The van der Waals surface area contributed by atoms with Crippen LogP contribution >= 0.6 is 0 Å². The van der Waals surface area contributed by atoms with E-state index in [1.165, 1.54) is 19.4 Å². The van der Waals surface area contributed by atoms with Gasteiger partial charge in [-0.15, -0.1) is 0 Å². The molecule has 1 rings (SSSR count). The summed E-state index contributed by atoms with van der Waals surface area (Å²) in [7, 11) is 2.25. The number of hydrogen-bond acceptors (Lipinski definition) is 1. The lowest BCUT2D eigenvalue weighted by molar-refractivity contribution is 0.222. The zero-order chi connectivity index (χ0) is 9.35. The zero-order valence-corrected chi connectivity index (χ0v) is 9.22. The van der Waals surface area contributed by atoms with Crippen molar-refractivity contribution in [1.82, 2.24) is 4.90 Å². The molecule has 0 spiro atoms. The summed E-state index contributed by atoms with van der Waals surface area (Å²) in [6.45, 7) is 10.8. The van der Waals surface area contributed by atoms with Crippen molar-refractivity contribution in [3.05, 3.63) is 0 Å². The summed E-state index contributed by atoms with van der Waals surface area (Å²) < 4.78 is 0. The Kier molecular flexibility index (Phi) is 2.82. The Morgan fingerprint density at radius 2 is 1.75 bits per heavy atom. The molecule has 0 radical (unpaired) electrons. The predicted molar refractivity (Wildman–Crippen MR) is 54.3 cm³/mol. The molecule has 0 amide bonds. The predicted octanol–water partition coefficient (Wildman–Crippen LogP) is 2.76. The van der Waals surface area contributed by atoms with Crippen molar-refractivity contribution in [3.63, 3.8) is 0 Å². The van der Waals surface area contributed by atoms with Crippen molar-refractivity contribution < 1.29 is 0 Å². The summed E-state index contributed by atoms with van der Waals surface area (Å²) in [5, 5.41) is 0. The third-order valence-corrected chi connectivity index (χ3v) is 3.10. The Hall–Kier alpha value is -0.0400. The summed E-state index contributed by atoms with van der Waals surface area (Å²) in [6, 6.07) is 0.755. The summed E-state index contributed by atoms with van der Waals surface area (Å²) >= 11 is 0. The van der Waals surface area contributed by atoms with Crippen LogP contribution in [0.4, 0.5) is 0 Å². The summed E-state index contributed by atoms with van der Waals surface area (Å²) in [5.41, 5.74) is 0.545. The van der Waals surface area contributed by atoms with Crippen LogP contribution in [0.1, 0.15) is 40.5 Å². The topological polar surface area (TPSA) is 3.24 Å². The Bertz CT molecular complexity index is 151. The molecule has 1 heterocycles. The van der Waals surface area contributed by atoms with E-state index in [4.69, 9.17) is 0 Å². The van der Waals surface area contributed by atoms with Crippen molar-refractivity contribution in [2.75, 3.05) is 13.6 Å². The van der Waals surface area contributed by atoms with Crippen LogP contribution in [0.3, 0.4) is 0 Å². The monoisotopic (exact) mass is 169 g/mol. The molecule has 0 saturated carbocycles. The molecule has 0 aromatic rings. The molecule has 0 aliphatic carbocycles. The highest BCUT2D eigenvalue weighted by Gasteiger charge is 2.29. The van der Waals surface area contributed by atoms with Gasteiger partial charge in [-0.2, -0.15) is 0 Å². The minimum Gasteiger partial charge on any atom is -0.303 e. The van der Waals surface area contributed by atoms with E-state index in [1.54, 1.807) is 0 Å². The molecule has 1 heteroatoms. The highest BCUT2D eigenvalue weighted by atomic mass is 15.1. The van der Waals surface area contributed by atoms with Gasteiger partial charge < -0.3 is 4.90 Å². The van der Waals surface area contributed by atoms with E-state index in [2.05, 4.69) is 39.6 Å². The van der Waals surface area contributed by atoms with Crippen LogP contribution in [0.2, 0.25) is 0 Å². The second-order valence-electron chi connectivity index (χ2n) is 5.47. The molecule has 2 atom stereocenters. The molecule has 1 aliphatic heterocycles. The van der Waals surface area contributed by atoms with Gasteiger partial charge in [-0.05, 0) is 38.1 Å². The van der Waals surface area contributed by atoms with E-state index in [1.807, 2.05) is 0 Å². The smallest absolute Gasteiger partial charge is 0.00690 e. The van der Waals surface area contributed by atoms with Gasteiger partial charge in [0.25, 0.3) is 0 Å². The van der Waals surface area contributed by atoms with Crippen molar-refractivity contribution >= 4 is 0 Å². The zero-order valence-electron chi connectivity index (χ0n) is 9.22. The first kappa shape index (κ1) is 10.0. The van der Waals surface area contributed by atoms with Gasteiger partial charge in [0.1, 0.15) is 0 Å². The van der Waals surface area contributed by atoms with E-state index in [0.29, 0.717) is 5.41 Å². The Labute approximate surface area is 77.1 Å².